The van der Waals surface area contributed by atoms with Crippen LogP contribution in [0.2, 0.25) is 0 Å². The Morgan fingerprint density at radius 3 is 2.34 bits per heavy atom. The highest BCUT2D eigenvalue weighted by Gasteiger charge is 2.24. The summed E-state index contributed by atoms with van der Waals surface area (Å²) in [6.45, 7) is 3.41. The smallest absolute Gasteiger partial charge is 0.279 e. The summed E-state index contributed by atoms with van der Waals surface area (Å²) in [7, 11) is 0. The summed E-state index contributed by atoms with van der Waals surface area (Å²) in [5.74, 6) is -0.669. The van der Waals surface area contributed by atoms with E-state index in [9.17, 15) is 25.0 Å². The Hall–Kier alpha value is -4.18. The van der Waals surface area contributed by atoms with E-state index in [1.807, 2.05) is 31.2 Å². The van der Waals surface area contributed by atoms with Gasteiger partial charge in [0, 0.05) is 22.9 Å². The zero-order chi connectivity index (χ0) is 23.0. The highest BCUT2D eigenvalue weighted by Crippen LogP contribution is 2.32. The van der Waals surface area contributed by atoms with E-state index in [4.69, 9.17) is 0 Å². The van der Waals surface area contributed by atoms with Crippen molar-refractivity contribution < 1.29 is 14.6 Å². The summed E-state index contributed by atoms with van der Waals surface area (Å²) >= 11 is 1.57. The van der Waals surface area contributed by atoms with Gasteiger partial charge in [-0.15, -0.1) is 11.3 Å². The van der Waals surface area contributed by atoms with Crippen LogP contribution in [0.1, 0.15) is 21.5 Å². The van der Waals surface area contributed by atoms with Crippen molar-refractivity contribution in [1.29, 1.82) is 0 Å². The van der Waals surface area contributed by atoms with Crippen molar-refractivity contribution in [2.75, 3.05) is 5.32 Å². The minimum absolute atomic E-state index is 0.0551. The lowest BCUT2D eigenvalue weighted by Crippen LogP contribution is -2.14. The molecule has 0 atom stereocenters. The molecule has 1 aromatic heterocycles. The number of carbonyl (C=O) groups excluding carboxylic acids is 1. The lowest BCUT2D eigenvalue weighted by Gasteiger charge is -2.09. The summed E-state index contributed by atoms with van der Waals surface area (Å²) in [5.41, 5.74) is 2.32. The number of aromatic nitrogens is 1. The van der Waals surface area contributed by atoms with Crippen LogP contribution in [0.5, 0.6) is 0 Å². The zero-order valence-corrected chi connectivity index (χ0v) is 17.8. The molecular formula is C22H16N4O5S. The number of carbonyl (C=O) groups is 1. The number of rotatable bonds is 5. The fraction of sp³-hybridized carbons (Fsp3) is 0.0909. The van der Waals surface area contributed by atoms with Gasteiger partial charge in [0.05, 0.1) is 31.7 Å². The van der Waals surface area contributed by atoms with Crippen LogP contribution in [-0.2, 0) is 0 Å². The van der Waals surface area contributed by atoms with Crippen LogP contribution in [0, 0.1) is 34.1 Å². The Bertz CT molecular complexity index is 1400. The van der Waals surface area contributed by atoms with Crippen LogP contribution < -0.4 is 5.32 Å². The fourth-order valence-electron chi connectivity index (χ4n) is 3.26. The molecule has 0 aliphatic rings. The highest BCUT2D eigenvalue weighted by atomic mass is 32.1. The number of anilines is 1. The van der Waals surface area contributed by atoms with Crippen molar-refractivity contribution in [2.24, 2.45) is 0 Å². The standard InChI is InChI=1S/C22H16N4O5S/c1-12-3-8-18-20(9-12)32-22(24-18)14-4-6-15(7-5-14)23-21(27)17-10-16(25(28)29)11-19(13(17)2)26(30)31/h3-11H,1-2H3,(H,23,27). The summed E-state index contributed by atoms with van der Waals surface area (Å²) in [4.78, 5) is 38.2. The van der Waals surface area contributed by atoms with Crippen LogP contribution in [0.25, 0.3) is 20.8 Å². The SMILES string of the molecule is Cc1ccc2nc(-c3ccc(NC(=O)c4cc([N+](=O)[O-])cc([N+](=O)[O-])c4C)cc3)sc2c1. The number of fused-ring (bicyclic) bond motifs is 1. The van der Waals surface area contributed by atoms with E-state index < -0.39 is 27.1 Å². The predicted molar refractivity (Wildman–Crippen MR) is 122 cm³/mol. The van der Waals surface area contributed by atoms with Crippen molar-refractivity contribution >= 4 is 44.5 Å². The average molecular weight is 448 g/mol. The monoisotopic (exact) mass is 448 g/mol. The maximum atomic E-state index is 12.7. The van der Waals surface area contributed by atoms with Gasteiger partial charge >= 0.3 is 0 Å². The first-order valence-electron chi connectivity index (χ1n) is 9.45. The molecule has 0 aliphatic carbocycles. The molecule has 0 saturated carbocycles. The molecule has 10 heteroatoms. The predicted octanol–water partition coefficient (Wildman–Crippen LogP) is 5.65. The number of thiazole rings is 1. The summed E-state index contributed by atoms with van der Waals surface area (Å²) in [6.07, 6.45) is 0. The molecule has 0 fully saturated rings. The van der Waals surface area contributed by atoms with Crippen molar-refractivity contribution in [3.63, 3.8) is 0 Å². The number of nitro groups is 2. The van der Waals surface area contributed by atoms with Gasteiger partial charge in [0.15, 0.2) is 0 Å². The molecule has 0 aliphatic heterocycles. The van der Waals surface area contributed by atoms with Crippen molar-refractivity contribution in [2.45, 2.75) is 13.8 Å². The molecule has 9 nitrogen and oxygen atoms in total. The number of nitrogens with one attached hydrogen (secondary N) is 1. The van der Waals surface area contributed by atoms with Gasteiger partial charge in [0.1, 0.15) is 5.01 Å². The van der Waals surface area contributed by atoms with Gasteiger partial charge in [-0.2, -0.15) is 0 Å². The van der Waals surface area contributed by atoms with E-state index in [-0.39, 0.29) is 11.1 Å². The lowest BCUT2D eigenvalue weighted by atomic mass is 10.0. The lowest BCUT2D eigenvalue weighted by molar-refractivity contribution is -0.394. The van der Waals surface area contributed by atoms with Crippen molar-refractivity contribution in [3.8, 4) is 10.6 Å². The number of aryl methyl sites for hydroxylation is 1. The van der Waals surface area contributed by atoms with Gasteiger partial charge in [-0.05, 0) is 55.8 Å². The quantitative estimate of drug-likeness (QED) is 0.310. The van der Waals surface area contributed by atoms with E-state index in [1.165, 1.54) is 6.92 Å². The summed E-state index contributed by atoms with van der Waals surface area (Å²) in [5, 5.41) is 25.8. The van der Waals surface area contributed by atoms with E-state index in [2.05, 4.69) is 16.4 Å². The number of hydrogen-bond acceptors (Lipinski definition) is 7. The third-order valence-corrected chi connectivity index (χ3v) is 6.02. The molecule has 0 spiro atoms. The second kappa shape index (κ2) is 8.16. The fourth-order valence-corrected chi connectivity index (χ4v) is 4.33. The van der Waals surface area contributed by atoms with Gasteiger partial charge in [0.25, 0.3) is 17.3 Å². The molecule has 0 bridgehead atoms. The topological polar surface area (TPSA) is 128 Å². The Morgan fingerprint density at radius 2 is 1.69 bits per heavy atom. The van der Waals surface area contributed by atoms with Crippen molar-refractivity contribution in [3.05, 3.63) is 91.5 Å². The molecule has 32 heavy (non-hydrogen) atoms. The molecule has 1 heterocycles. The first kappa shape index (κ1) is 21.1. The number of amides is 1. The number of hydrogen-bond donors (Lipinski definition) is 1. The molecular weight excluding hydrogens is 432 g/mol. The molecule has 0 unspecified atom stereocenters. The highest BCUT2D eigenvalue weighted by molar-refractivity contribution is 7.21. The molecule has 4 aromatic rings. The van der Waals surface area contributed by atoms with E-state index >= 15 is 0 Å². The Morgan fingerprint density at radius 1 is 0.969 bits per heavy atom. The largest absolute Gasteiger partial charge is 0.322 e. The van der Waals surface area contributed by atoms with Gasteiger partial charge in [-0.3, -0.25) is 25.0 Å². The zero-order valence-electron chi connectivity index (χ0n) is 17.0. The molecule has 160 valence electrons. The Balaban J connectivity index is 1.60. The third-order valence-electron chi connectivity index (χ3n) is 4.95. The summed E-state index contributed by atoms with van der Waals surface area (Å²) in [6, 6.07) is 14.9. The average Bonchev–Trinajstić information content (AvgIpc) is 3.17. The van der Waals surface area contributed by atoms with E-state index in [1.54, 1.807) is 23.5 Å². The third kappa shape index (κ3) is 4.03. The molecule has 0 radical (unpaired) electrons. The maximum Gasteiger partial charge on any atom is 0.279 e. The van der Waals surface area contributed by atoms with Crippen LogP contribution in [-0.4, -0.2) is 20.7 Å². The molecule has 3 aromatic carbocycles. The normalized spacial score (nSPS) is 10.8. The number of nitrogens with zero attached hydrogens (tertiary/aromatic N) is 3. The first-order valence-corrected chi connectivity index (χ1v) is 10.3. The van der Waals surface area contributed by atoms with Crippen LogP contribution >= 0.6 is 11.3 Å². The van der Waals surface area contributed by atoms with Gasteiger partial charge in [-0.1, -0.05) is 6.07 Å². The van der Waals surface area contributed by atoms with Crippen LogP contribution in [0.15, 0.2) is 54.6 Å². The molecule has 0 saturated heterocycles. The molecule has 1 N–H and O–H groups in total. The minimum Gasteiger partial charge on any atom is -0.322 e. The molecule has 1 amide bonds. The van der Waals surface area contributed by atoms with Crippen LogP contribution in [0.3, 0.4) is 0 Å². The Kier molecular flexibility index (Phi) is 5.37. The Labute approximate surface area is 185 Å². The second-order valence-electron chi connectivity index (χ2n) is 7.17. The van der Waals surface area contributed by atoms with Gasteiger partial charge in [0.2, 0.25) is 0 Å². The maximum absolute atomic E-state index is 12.7. The van der Waals surface area contributed by atoms with E-state index in [0.29, 0.717) is 5.69 Å². The minimum atomic E-state index is -0.766. The van der Waals surface area contributed by atoms with Crippen LogP contribution in [0.4, 0.5) is 17.1 Å². The summed E-state index contributed by atoms with van der Waals surface area (Å²) < 4.78 is 1.08. The number of non-ortho nitro benzene ring substituents is 1. The number of benzene rings is 3. The molecule has 4 rings (SSSR count). The van der Waals surface area contributed by atoms with Gasteiger partial charge in [-0.25, -0.2) is 4.98 Å². The van der Waals surface area contributed by atoms with Gasteiger partial charge < -0.3 is 5.32 Å². The van der Waals surface area contributed by atoms with E-state index in [0.717, 1.165) is 38.5 Å². The first-order chi connectivity index (χ1) is 15.2. The second-order valence-corrected chi connectivity index (χ2v) is 8.20. The van der Waals surface area contributed by atoms with Crippen molar-refractivity contribution in [1.82, 2.24) is 4.98 Å². The number of nitro benzene ring substituents is 2.